The molecule has 0 unspecified atom stereocenters. The van der Waals surface area contributed by atoms with E-state index in [2.05, 4.69) is 6.92 Å². The number of hydrogen-bond donors (Lipinski definition) is 0. The normalized spacial score (nSPS) is 10.6. The zero-order valence-electron chi connectivity index (χ0n) is 26.0. The minimum Gasteiger partial charge on any atom is -0.493 e. The van der Waals surface area contributed by atoms with Gasteiger partial charge in [0.1, 0.15) is 28.7 Å². The lowest BCUT2D eigenvalue weighted by Gasteiger charge is -2.10. The van der Waals surface area contributed by atoms with E-state index < -0.39 is 0 Å². The molecule has 0 bridgehead atoms. The second kappa shape index (κ2) is 14.3. The Morgan fingerprint density at radius 1 is 0.426 bits per heavy atom. The molecule has 0 N–H and O–H groups in total. The van der Waals surface area contributed by atoms with Crippen LogP contribution < -0.4 is 18.9 Å². The molecule has 0 fully saturated rings. The van der Waals surface area contributed by atoms with Gasteiger partial charge in [-0.05, 0) is 121 Å². The van der Waals surface area contributed by atoms with Crippen molar-refractivity contribution < 1.29 is 28.5 Å². The Hall–Kier alpha value is -6.14. The predicted molar refractivity (Wildman–Crippen MR) is 182 cm³/mol. The molecule has 0 heterocycles. The third kappa shape index (κ3) is 7.57. The van der Waals surface area contributed by atoms with E-state index in [1.54, 1.807) is 92.0 Å². The summed E-state index contributed by atoms with van der Waals surface area (Å²) in [5.41, 5.74) is 3.55. The lowest BCUT2D eigenvalue weighted by Crippen LogP contribution is -2.01. The van der Waals surface area contributed by atoms with E-state index in [9.17, 15) is 9.59 Å². The lowest BCUT2D eigenvalue weighted by atomic mass is 10.0. The molecule has 6 rings (SSSR count). The molecule has 232 valence electrons. The minimum absolute atomic E-state index is 0.0249. The van der Waals surface area contributed by atoms with Gasteiger partial charge in [0.15, 0.2) is 23.1 Å². The number of rotatable bonds is 12. The van der Waals surface area contributed by atoms with E-state index in [1.807, 2.05) is 60.7 Å². The number of aryl methyl sites for hydroxylation is 1. The number of carbonyl (C=O) groups is 2. The van der Waals surface area contributed by atoms with Crippen molar-refractivity contribution in [1.82, 2.24) is 0 Å². The van der Waals surface area contributed by atoms with Crippen molar-refractivity contribution in [3.05, 3.63) is 173 Å². The Kier molecular flexibility index (Phi) is 9.40. The molecule has 0 saturated heterocycles. The van der Waals surface area contributed by atoms with Crippen molar-refractivity contribution in [3.63, 3.8) is 0 Å². The maximum Gasteiger partial charge on any atom is 0.193 e. The molecule has 0 aromatic heterocycles. The van der Waals surface area contributed by atoms with Crippen molar-refractivity contribution in [3.8, 4) is 40.2 Å². The fraction of sp³-hybridized carbons (Fsp3) is 0.0732. The molecule has 0 radical (unpaired) electrons. The second-order valence-electron chi connectivity index (χ2n) is 10.7. The number of carbonyl (C=O) groups excluding carboxylic acids is 2. The van der Waals surface area contributed by atoms with Crippen LogP contribution in [0.1, 0.15) is 44.3 Å². The van der Waals surface area contributed by atoms with Crippen LogP contribution in [0.3, 0.4) is 0 Å². The van der Waals surface area contributed by atoms with Gasteiger partial charge in [0, 0.05) is 22.3 Å². The van der Waals surface area contributed by atoms with Gasteiger partial charge in [-0.2, -0.15) is 0 Å². The Morgan fingerprint density at radius 2 is 0.745 bits per heavy atom. The van der Waals surface area contributed by atoms with Gasteiger partial charge in [-0.1, -0.05) is 43.3 Å². The van der Waals surface area contributed by atoms with Gasteiger partial charge in [-0.3, -0.25) is 9.59 Å². The van der Waals surface area contributed by atoms with E-state index in [0.717, 1.165) is 6.42 Å². The summed E-state index contributed by atoms with van der Waals surface area (Å²) in [5, 5.41) is 0. The Labute approximate surface area is 273 Å². The summed E-state index contributed by atoms with van der Waals surface area (Å²) in [4.78, 5) is 25.9. The van der Waals surface area contributed by atoms with Gasteiger partial charge in [0.05, 0.1) is 7.11 Å². The van der Waals surface area contributed by atoms with Crippen LogP contribution in [0, 0.1) is 0 Å². The maximum absolute atomic E-state index is 13.1. The number of benzene rings is 6. The fourth-order valence-electron chi connectivity index (χ4n) is 4.93. The monoisotopic (exact) mass is 620 g/mol. The zero-order chi connectivity index (χ0) is 32.6. The van der Waals surface area contributed by atoms with Crippen molar-refractivity contribution >= 4 is 11.6 Å². The van der Waals surface area contributed by atoms with E-state index in [-0.39, 0.29) is 11.6 Å². The van der Waals surface area contributed by atoms with E-state index >= 15 is 0 Å². The van der Waals surface area contributed by atoms with Crippen LogP contribution >= 0.6 is 0 Å². The zero-order valence-corrected chi connectivity index (χ0v) is 26.0. The van der Waals surface area contributed by atoms with E-state index in [4.69, 9.17) is 18.9 Å². The number of methoxy groups -OCH3 is 1. The number of ether oxygens (including phenoxy) is 4. The molecule has 0 saturated carbocycles. The van der Waals surface area contributed by atoms with Gasteiger partial charge >= 0.3 is 0 Å². The van der Waals surface area contributed by atoms with Crippen LogP contribution in [-0.4, -0.2) is 18.7 Å². The molecule has 0 amide bonds. The Bertz CT molecular complexity index is 1960. The van der Waals surface area contributed by atoms with Crippen molar-refractivity contribution in [2.24, 2.45) is 0 Å². The molecule has 6 nitrogen and oxygen atoms in total. The molecule has 0 spiro atoms. The summed E-state index contributed by atoms with van der Waals surface area (Å²) in [6, 6.07) is 43.4. The highest BCUT2D eigenvalue weighted by Crippen LogP contribution is 2.32. The second-order valence-corrected chi connectivity index (χ2v) is 10.7. The minimum atomic E-state index is -0.107. The van der Waals surface area contributed by atoms with E-state index in [1.165, 1.54) is 5.56 Å². The maximum atomic E-state index is 13.1. The summed E-state index contributed by atoms with van der Waals surface area (Å²) in [6.07, 6.45) is 0.934. The van der Waals surface area contributed by atoms with Crippen molar-refractivity contribution in [2.75, 3.05) is 7.11 Å². The number of para-hydroxylation sites is 2. The van der Waals surface area contributed by atoms with Crippen LogP contribution in [0.4, 0.5) is 0 Å². The molecule has 0 aliphatic heterocycles. The number of ketones is 2. The van der Waals surface area contributed by atoms with Crippen LogP contribution in [0.2, 0.25) is 0 Å². The fourth-order valence-corrected chi connectivity index (χ4v) is 4.93. The van der Waals surface area contributed by atoms with Gasteiger partial charge in [-0.15, -0.1) is 0 Å². The number of hydrogen-bond acceptors (Lipinski definition) is 6. The highest BCUT2D eigenvalue weighted by Gasteiger charge is 2.12. The third-order valence-electron chi connectivity index (χ3n) is 7.57. The topological polar surface area (TPSA) is 71.1 Å². The molecular weight excluding hydrogens is 588 g/mol. The molecule has 47 heavy (non-hydrogen) atoms. The largest absolute Gasteiger partial charge is 0.493 e. The average Bonchev–Trinajstić information content (AvgIpc) is 3.13. The van der Waals surface area contributed by atoms with Gasteiger partial charge in [-0.25, -0.2) is 0 Å². The standard InChI is InChI=1S/C41H32O6/c1-3-28-8-10-29(11-9-28)40(42)30-12-18-33(19-13-30)45-35-24-26-36(27-25-35)46-34-20-14-31(15-21-34)41(43)32-16-22-37(23-17-32)47-39-7-5-4-6-38(39)44-2/h4-27H,3H2,1-2H3. The Balaban J connectivity index is 1.02. The molecule has 6 heteroatoms. The smallest absolute Gasteiger partial charge is 0.193 e. The molecule has 6 aromatic carbocycles. The predicted octanol–water partition coefficient (Wildman–Crippen LogP) is 10.1. The first-order valence-electron chi connectivity index (χ1n) is 15.2. The average molecular weight is 621 g/mol. The SMILES string of the molecule is CCc1ccc(C(=O)c2ccc(Oc3ccc(Oc4ccc(C(=O)c5ccc(Oc6ccccc6OC)cc5)cc4)cc3)cc2)cc1. The summed E-state index contributed by atoms with van der Waals surface area (Å²) in [6.45, 7) is 2.09. The van der Waals surface area contributed by atoms with Crippen LogP contribution in [-0.2, 0) is 6.42 Å². The lowest BCUT2D eigenvalue weighted by molar-refractivity contribution is 0.103. The molecule has 0 atom stereocenters. The highest BCUT2D eigenvalue weighted by molar-refractivity contribution is 6.09. The van der Waals surface area contributed by atoms with Crippen LogP contribution in [0.5, 0.6) is 40.2 Å². The summed E-state index contributed by atoms with van der Waals surface area (Å²) in [5.74, 6) is 4.17. The summed E-state index contributed by atoms with van der Waals surface area (Å²) < 4.78 is 23.2. The molecule has 0 aliphatic rings. The third-order valence-corrected chi connectivity index (χ3v) is 7.57. The van der Waals surface area contributed by atoms with Crippen LogP contribution in [0.15, 0.2) is 146 Å². The van der Waals surface area contributed by atoms with Gasteiger partial charge in [0.2, 0.25) is 0 Å². The summed E-state index contributed by atoms with van der Waals surface area (Å²) >= 11 is 0. The molecule has 0 aliphatic carbocycles. The highest BCUT2D eigenvalue weighted by atomic mass is 16.5. The first kappa shape index (κ1) is 30.9. The van der Waals surface area contributed by atoms with E-state index in [0.29, 0.717) is 62.5 Å². The quantitative estimate of drug-likeness (QED) is 0.127. The van der Waals surface area contributed by atoms with Gasteiger partial charge < -0.3 is 18.9 Å². The molecule has 6 aromatic rings. The first-order chi connectivity index (χ1) is 23.0. The van der Waals surface area contributed by atoms with Gasteiger partial charge in [0.25, 0.3) is 0 Å². The molecular formula is C41H32O6. The summed E-state index contributed by atoms with van der Waals surface area (Å²) in [7, 11) is 1.59. The first-order valence-corrected chi connectivity index (χ1v) is 15.2. The van der Waals surface area contributed by atoms with Crippen LogP contribution in [0.25, 0.3) is 0 Å². The van der Waals surface area contributed by atoms with Crippen molar-refractivity contribution in [1.29, 1.82) is 0 Å². The Morgan fingerprint density at radius 3 is 1.11 bits per heavy atom. The van der Waals surface area contributed by atoms with Crippen molar-refractivity contribution in [2.45, 2.75) is 13.3 Å².